The van der Waals surface area contributed by atoms with Crippen molar-refractivity contribution in [3.8, 4) is 0 Å². The van der Waals surface area contributed by atoms with Crippen LogP contribution in [-0.2, 0) is 0 Å². The summed E-state index contributed by atoms with van der Waals surface area (Å²) < 4.78 is 5.64. The molecule has 92 valence electrons. The number of fused-ring (bicyclic) bond motifs is 3. The SMILES string of the molecule is Clc1cc2c(oc3c(Cl)c(Cl)ccc32)c(Cl)c1Cl. The van der Waals surface area contributed by atoms with Crippen LogP contribution in [0.4, 0.5) is 0 Å². The normalized spacial score (nSPS) is 11.6. The van der Waals surface area contributed by atoms with Crippen LogP contribution in [0.1, 0.15) is 0 Å². The topological polar surface area (TPSA) is 13.1 Å². The maximum Gasteiger partial charge on any atom is 0.155 e. The second-order valence-electron chi connectivity index (χ2n) is 3.70. The van der Waals surface area contributed by atoms with Gasteiger partial charge in [0.1, 0.15) is 10.0 Å². The molecule has 0 N–H and O–H groups in total. The highest BCUT2D eigenvalue weighted by molar-refractivity contribution is 6.51. The molecule has 1 aromatic heterocycles. The van der Waals surface area contributed by atoms with Gasteiger partial charge in [-0.25, -0.2) is 0 Å². The summed E-state index contributed by atoms with van der Waals surface area (Å²) in [5, 5.41) is 3.19. The van der Waals surface area contributed by atoms with E-state index in [0.29, 0.717) is 26.2 Å². The first kappa shape index (κ1) is 12.7. The third-order valence-corrected chi connectivity index (χ3v) is 4.69. The van der Waals surface area contributed by atoms with E-state index in [0.717, 1.165) is 10.8 Å². The number of hydrogen-bond acceptors (Lipinski definition) is 1. The summed E-state index contributed by atoms with van der Waals surface area (Å²) in [5.74, 6) is 0. The fourth-order valence-electron chi connectivity index (χ4n) is 1.82. The van der Waals surface area contributed by atoms with E-state index in [-0.39, 0.29) is 10.0 Å². The number of rotatable bonds is 0. The minimum atomic E-state index is 0.257. The van der Waals surface area contributed by atoms with Crippen LogP contribution in [0.3, 0.4) is 0 Å². The van der Waals surface area contributed by atoms with Gasteiger partial charge in [-0.2, -0.15) is 0 Å². The van der Waals surface area contributed by atoms with Gasteiger partial charge in [-0.05, 0) is 18.2 Å². The Hall–Kier alpha value is -0.310. The first-order chi connectivity index (χ1) is 8.50. The fourth-order valence-corrected chi connectivity index (χ4v) is 2.81. The lowest BCUT2D eigenvalue weighted by molar-refractivity contribution is 0.669. The van der Waals surface area contributed by atoms with Crippen molar-refractivity contribution in [2.45, 2.75) is 0 Å². The Morgan fingerprint density at radius 1 is 0.667 bits per heavy atom. The van der Waals surface area contributed by atoms with Gasteiger partial charge in [-0.3, -0.25) is 0 Å². The zero-order valence-electron chi connectivity index (χ0n) is 8.53. The quantitative estimate of drug-likeness (QED) is 0.408. The van der Waals surface area contributed by atoms with Gasteiger partial charge >= 0.3 is 0 Å². The standard InChI is InChI=1S/C12H3Cl5O/c13-6-2-1-4-5-3-7(14)8(15)10(17)12(5)18-11(4)9(6)16/h1-3H. The lowest BCUT2D eigenvalue weighted by atomic mass is 10.1. The molecule has 0 aliphatic carbocycles. The number of benzene rings is 2. The van der Waals surface area contributed by atoms with E-state index < -0.39 is 0 Å². The van der Waals surface area contributed by atoms with E-state index >= 15 is 0 Å². The minimum Gasteiger partial charge on any atom is -0.453 e. The summed E-state index contributed by atoms with van der Waals surface area (Å²) in [6.45, 7) is 0. The van der Waals surface area contributed by atoms with E-state index in [2.05, 4.69) is 0 Å². The molecular weight excluding hydrogens is 337 g/mol. The van der Waals surface area contributed by atoms with Crippen LogP contribution in [0.15, 0.2) is 22.6 Å². The van der Waals surface area contributed by atoms with E-state index in [1.54, 1.807) is 18.2 Å². The molecule has 0 saturated heterocycles. The molecule has 0 atom stereocenters. The molecule has 3 rings (SSSR count). The van der Waals surface area contributed by atoms with E-state index in [1.165, 1.54) is 0 Å². The first-order valence-corrected chi connectivity index (χ1v) is 6.73. The van der Waals surface area contributed by atoms with Gasteiger partial charge in [0.25, 0.3) is 0 Å². The van der Waals surface area contributed by atoms with Crippen molar-refractivity contribution in [1.82, 2.24) is 0 Å². The second-order valence-corrected chi connectivity index (χ2v) is 5.65. The van der Waals surface area contributed by atoms with Crippen LogP contribution < -0.4 is 0 Å². The van der Waals surface area contributed by atoms with Crippen molar-refractivity contribution in [2.75, 3.05) is 0 Å². The zero-order chi connectivity index (χ0) is 13.0. The molecule has 2 aromatic carbocycles. The molecule has 0 aliphatic heterocycles. The summed E-state index contributed by atoms with van der Waals surface area (Å²) in [5.41, 5.74) is 0.921. The summed E-state index contributed by atoms with van der Waals surface area (Å²) >= 11 is 30.1. The van der Waals surface area contributed by atoms with Gasteiger partial charge in [0.15, 0.2) is 11.2 Å². The molecule has 1 heterocycles. The molecule has 3 aromatic rings. The number of furan rings is 1. The molecule has 0 unspecified atom stereocenters. The maximum absolute atomic E-state index is 6.11. The molecule has 0 radical (unpaired) electrons. The molecule has 0 amide bonds. The Balaban J connectivity index is 2.59. The van der Waals surface area contributed by atoms with Gasteiger partial charge in [-0.15, -0.1) is 0 Å². The zero-order valence-corrected chi connectivity index (χ0v) is 12.3. The summed E-state index contributed by atoms with van der Waals surface area (Å²) in [6, 6.07) is 5.19. The largest absolute Gasteiger partial charge is 0.453 e. The van der Waals surface area contributed by atoms with Crippen LogP contribution in [0.25, 0.3) is 21.9 Å². The Morgan fingerprint density at radius 3 is 2.06 bits per heavy atom. The average molecular weight is 340 g/mol. The van der Waals surface area contributed by atoms with Crippen molar-refractivity contribution in [3.63, 3.8) is 0 Å². The predicted molar refractivity (Wildman–Crippen MR) is 78.8 cm³/mol. The summed E-state index contributed by atoms with van der Waals surface area (Å²) in [4.78, 5) is 0. The molecule has 0 spiro atoms. The van der Waals surface area contributed by atoms with Crippen LogP contribution in [0.2, 0.25) is 25.1 Å². The van der Waals surface area contributed by atoms with E-state index in [9.17, 15) is 0 Å². The second kappa shape index (κ2) is 4.36. The van der Waals surface area contributed by atoms with Crippen LogP contribution in [0, 0.1) is 0 Å². The Morgan fingerprint density at radius 2 is 1.33 bits per heavy atom. The van der Waals surface area contributed by atoms with Crippen molar-refractivity contribution in [2.24, 2.45) is 0 Å². The Labute approximate surface area is 127 Å². The highest BCUT2D eigenvalue weighted by Crippen LogP contribution is 2.43. The summed E-state index contributed by atoms with van der Waals surface area (Å²) in [7, 11) is 0. The highest BCUT2D eigenvalue weighted by atomic mass is 35.5. The van der Waals surface area contributed by atoms with Crippen LogP contribution in [-0.4, -0.2) is 0 Å². The lowest BCUT2D eigenvalue weighted by Gasteiger charge is -1.98. The van der Waals surface area contributed by atoms with E-state index in [1.807, 2.05) is 0 Å². The molecular formula is C12H3Cl5O. The molecule has 0 aliphatic rings. The van der Waals surface area contributed by atoms with Crippen molar-refractivity contribution in [1.29, 1.82) is 0 Å². The monoisotopic (exact) mass is 338 g/mol. The van der Waals surface area contributed by atoms with Crippen molar-refractivity contribution < 1.29 is 4.42 Å². The minimum absolute atomic E-state index is 0.257. The van der Waals surface area contributed by atoms with Crippen LogP contribution >= 0.6 is 58.0 Å². The van der Waals surface area contributed by atoms with Gasteiger partial charge in [-0.1, -0.05) is 58.0 Å². The van der Waals surface area contributed by atoms with Crippen LogP contribution in [0.5, 0.6) is 0 Å². The van der Waals surface area contributed by atoms with Crippen molar-refractivity contribution >= 4 is 79.9 Å². The first-order valence-electron chi connectivity index (χ1n) is 4.84. The third kappa shape index (κ3) is 1.70. The fraction of sp³-hybridized carbons (Fsp3) is 0. The molecule has 0 saturated carbocycles. The maximum atomic E-state index is 6.11. The predicted octanol–water partition coefficient (Wildman–Crippen LogP) is 6.85. The number of halogens is 5. The Kier molecular flexibility index (Phi) is 3.08. The van der Waals surface area contributed by atoms with Gasteiger partial charge in [0, 0.05) is 10.8 Å². The third-order valence-electron chi connectivity index (χ3n) is 2.66. The average Bonchev–Trinajstić information content (AvgIpc) is 2.71. The molecule has 6 heteroatoms. The Bertz CT molecular complexity index is 790. The van der Waals surface area contributed by atoms with Gasteiger partial charge in [0.05, 0.1) is 15.1 Å². The molecule has 18 heavy (non-hydrogen) atoms. The van der Waals surface area contributed by atoms with Gasteiger partial charge < -0.3 is 4.42 Å². The smallest absolute Gasteiger partial charge is 0.155 e. The summed E-state index contributed by atoms with van der Waals surface area (Å²) in [6.07, 6.45) is 0. The number of hydrogen-bond donors (Lipinski definition) is 0. The van der Waals surface area contributed by atoms with E-state index in [4.69, 9.17) is 62.4 Å². The van der Waals surface area contributed by atoms with Gasteiger partial charge in [0.2, 0.25) is 0 Å². The highest BCUT2D eigenvalue weighted by Gasteiger charge is 2.18. The lowest BCUT2D eigenvalue weighted by Crippen LogP contribution is -1.74. The molecule has 1 nitrogen and oxygen atoms in total. The van der Waals surface area contributed by atoms with Crippen molar-refractivity contribution in [3.05, 3.63) is 43.3 Å². The molecule has 0 fully saturated rings. The molecule has 0 bridgehead atoms.